The molecule has 5 nitrogen and oxygen atoms in total. The minimum absolute atomic E-state index is 0.00147. The molecule has 0 spiro atoms. The molecule has 6 heteroatoms. The van der Waals surface area contributed by atoms with Gasteiger partial charge in [-0.3, -0.25) is 0 Å². The molecule has 3 N–H and O–H groups in total. The van der Waals surface area contributed by atoms with Crippen molar-refractivity contribution in [2.75, 3.05) is 13.1 Å². The van der Waals surface area contributed by atoms with Gasteiger partial charge in [0, 0.05) is 18.6 Å². The molecule has 0 bridgehead atoms. The lowest BCUT2D eigenvalue weighted by molar-refractivity contribution is 0.347. The predicted octanol–water partition coefficient (Wildman–Crippen LogP) is 0.207. The molecule has 1 rings (SSSR count). The molecule has 1 fully saturated rings. The number of rotatable bonds is 5. The molecule has 0 aliphatic carbocycles. The SMILES string of the molecule is CC(C)CNS(=O)(=O)NC1CCCNC1C. The van der Waals surface area contributed by atoms with Crippen LogP contribution in [-0.4, -0.2) is 33.6 Å². The topological polar surface area (TPSA) is 70.2 Å². The standard InChI is InChI=1S/C10H23N3O2S/c1-8(2)7-12-16(14,15)13-10-5-4-6-11-9(10)3/h8-13H,4-7H2,1-3H3. The van der Waals surface area contributed by atoms with Gasteiger partial charge in [0.05, 0.1) is 0 Å². The second-order valence-electron chi connectivity index (χ2n) is 4.86. The third kappa shape index (κ3) is 4.78. The molecule has 0 radical (unpaired) electrons. The number of piperidine rings is 1. The molecule has 96 valence electrons. The Labute approximate surface area is 98.6 Å². The highest BCUT2D eigenvalue weighted by Crippen LogP contribution is 2.08. The molecule has 1 aliphatic rings. The third-order valence-corrected chi connectivity index (χ3v) is 3.91. The molecule has 0 amide bonds. The molecule has 16 heavy (non-hydrogen) atoms. The zero-order valence-electron chi connectivity index (χ0n) is 10.3. The van der Waals surface area contributed by atoms with Crippen LogP contribution < -0.4 is 14.8 Å². The summed E-state index contributed by atoms with van der Waals surface area (Å²) in [6.07, 6.45) is 1.92. The highest BCUT2D eigenvalue weighted by atomic mass is 32.2. The molecule has 1 saturated heterocycles. The Morgan fingerprint density at radius 1 is 1.44 bits per heavy atom. The van der Waals surface area contributed by atoms with Gasteiger partial charge in [0.15, 0.2) is 0 Å². The summed E-state index contributed by atoms with van der Waals surface area (Å²) in [7, 11) is -3.35. The Bertz CT molecular complexity index is 303. The Kier molecular flexibility index (Phi) is 5.17. The van der Waals surface area contributed by atoms with Crippen LogP contribution in [0.5, 0.6) is 0 Å². The van der Waals surface area contributed by atoms with E-state index in [9.17, 15) is 8.42 Å². The number of hydrogen-bond acceptors (Lipinski definition) is 3. The molecule has 2 unspecified atom stereocenters. The summed E-state index contributed by atoms with van der Waals surface area (Å²) in [5.74, 6) is 0.318. The monoisotopic (exact) mass is 249 g/mol. The maximum Gasteiger partial charge on any atom is 0.277 e. The van der Waals surface area contributed by atoms with E-state index in [-0.39, 0.29) is 12.1 Å². The van der Waals surface area contributed by atoms with Crippen molar-refractivity contribution in [1.29, 1.82) is 0 Å². The van der Waals surface area contributed by atoms with Crippen molar-refractivity contribution >= 4 is 10.2 Å². The van der Waals surface area contributed by atoms with Crippen molar-refractivity contribution in [3.05, 3.63) is 0 Å². The molecule has 0 aromatic heterocycles. The van der Waals surface area contributed by atoms with Crippen LogP contribution in [0.2, 0.25) is 0 Å². The smallest absolute Gasteiger partial charge is 0.277 e. The van der Waals surface area contributed by atoms with E-state index >= 15 is 0 Å². The fourth-order valence-corrected chi connectivity index (χ4v) is 3.08. The lowest BCUT2D eigenvalue weighted by Gasteiger charge is -2.30. The van der Waals surface area contributed by atoms with Gasteiger partial charge >= 0.3 is 0 Å². The van der Waals surface area contributed by atoms with Crippen LogP contribution >= 0.6 is 0 Å². The zero-order valence-corrected chi connectivity index (χ0v) is 11.1. The maximum absolute atomic E-state index is 11.7. The molecular formula is C10H23N3O2S. The van der Waals surface area contributed by atoms with Crippen LogP contribution in [0.4, 0.5) is 0 Å². The van der Waals surface area contributed by atoms with E-state index in [0.717, 1.165) is 19.4 Å². The van der Waals surface area contributed by atoms with Crippen molar-refractivity contribution in [2.24, 2.45) is 5.92 Å². The lowest BCUT2D eigenvalue weighted by atomic mass is 10.0. The lowest BCUT2D eigenvalue weighted by Crippen LogP contribution is -2.54. The van der Waals surface area contributed by atoms with E-state index in [1.807, 2.05) is 20.8 Å². The summed E-state index contributed by atoms with van der Waals surface area (Å²) >= 11 is 0. The summed E-state index contributed by atoms with van der Waals surface area (Å²) in [6.45, 7) is 7.41. The second kappa shape index (κ2) is 5.95. The van der Waals surface area contributed by atoms with Crippen molar-refractivity contribution in [3.8, 4) is 0 Å². The van der Waals surface area contributed by atoms with E-state index < -0.39 is 10.2 Å². The largest absolute Gasteiger partial charge is 0.313 e. The first-order chi connectivity index (χ1) is 7.41. The van der Waals surface area contributed by atoms with E-state index in [4.69, 9.17) is 0 Å². The van der Waals surface area contributed by atoms with Crippen LogP contribution in [0.3, 0.4) is 0 Å². The first-order valence-corrected chi connectivity index (χ1v) is 7.39. The molecule has 0 saturated carbocycles. The summed E-state index contributed by atoms with van der Waals surface area (Å²) in [4.78, 5) is 0. The Morgan fingerprint density at radius 3 is 2.69 bits per heavy atom. The first kappa shape index (κ1) is 13.9. The van der Waals surface area contributed by atoms with Crippen molar-refractivity contribution in [2.45, 2.75) is 45.7 Å². The van der Waals surface area contributed by atoms with Crippen LogP contribution in [0.1, 0.15) is 33.6 Å². The summed E-state index contributed by atoms with van der Waals surface area (Å²) in [5, 5.41) is 3.26. The van der Waals surface area contributed by atoms with Crippen molar-refractivity contribution < 1.29 is 8.42 Å². The van der Waals surface area contributed by atoms with E-state index in [0.29, 0.717) is 12.5 Å². The summed E-state index contributed by atoms with van der Waals surface area (Å²) in [5.41, 5.74) is 0. The van der Waals surface area contributed by atoms with Crippen molar-refractivity contribution in [1.82, 2.24) is 14.8 Å². The molecule has 2 atom stereocenters. The van der Waals surface area contributed by atoms with Gasteiger partial charge in [0.25, 0.3) is 10.2 Å². The van der Waals surface area contributed by atoms with Gasteiger partial charge in [-0.1, -0.05) is 13.8 Å². The minimum Gasteiger partial charge on any atom is -0.313 e. The fourth-order valence-electron chi connectivity index (χ4n) is 1.72. The summed E-state index contributed by atoms with van der Waals surface area (Å²) < 4.78 is 28.7. The van der Waals surface area contributed by atoms with Crippen LogP contribution in [0.15, 0.2) is 0 Å². The Morgan fingerprint density at radius 2 is 2.12 bits per heavy atom. The van der Waals surface area contributed by atoms with E-state index in [1.165, 1.54) is 0 Å². The highest BCUT2D eigenvalue weighted by molar-refractivity contribution is 7.87. The van der Waals surface area contributed by atoms with E-state index in [2.05, 4.69) is 14.8 Å². The summed E-state index contributed by atoms with van der Waals surface area (Å²) in [6, 6.07) is 0.197. The van der Waals surface area contributed by atoms with Crippen LogP contribution in [0, 0.1) is 5.92 Å². The van der Waals surface area contributed by atoms with Gasteiger partial charge in [0.2, 0.25) is 0 Å². The predicted molar refractivity (Wildman–Crippen MR) is 65.4 cm³/mol. The normalized spacial score (nSPS) is 27.2. The molecule has 1 heterocycles. The molecule has 1 aliphatic heterocycles. The Balaban J connectivity index is 2.44. The van der Waals surface area contributed by atoms with Crippen LogP contribution in [-0.2, 0) is 10.2 Å². The van der Waals surface area contributed by atoms with Gasteiger partial charge < -0.3 is 5.32 Å². The van der Waals surface area contributed by atoms with E-state index in [1.54, 1.807) is 0 Å². The molecule has 0 aromatic carbocycles. The van der Waals surface area contributed by atoms with Crippen molar-refractivity contribution in [3.63, 3.8) is 0 Å². The van der Waals surface area contributed by atoms with Gasteiger partial charge in [-0.05, 0) is 32.2 Å². The van der Waals surface area contributed by atoms with Gasteiger partial charge in [-0.15, -0.1) is 0 Å². The van der Waals surface area contributed by atoms with Gasteiger partial charge in [-0.2, -0.15) is 13.1 Å². The first-order valence-electron chi connectivity index (χ1n) is 5.91. The average molecular weight is 249 g/mol. The minimum atomic E-state index is -3.35. The zero-order chi connectivity index (χ0) is 12.2. The second-order valence-corrected chi connectivity index (χ2v) is 6.39. The average Bonchev–Trinajstić information content (AvgIpc) is 2.19. The fraction of sp³-hybridized carbons (Fsp3) is 1.00. The third-order valence-electron chi connectivity index (χ3n) is 2.75. The number of hydrogen-bond donors (Lipinski definition) is 3. The maximum atomic E-state index is 11.7. The quantitative estimate of drug-likeness (QED) is 0.652. The molecular weight excluding hydrogens is 226 g/mol. The van der Waals surface area contributed by atoms with Gasteiger partial charge in [-0.25, -0.2) is 4.72 Å². The highest BCUT2D eigenvalue weighted by Gasteiger charge is 2.25. The molecule has 0 aromatic rings. The number of nitrogens with one attached hydrogen (secondary N) is 3. The van der Waals surface area contributed by atoms with Crippen LogP contribution in [0.25, 0.3) is 0 Å². The van der Waals surface area contributed by atoms with Gasteiger partial charge in [0.1, 0.15) is 0 Å². The Hall–Kier alpha value is -0.170.